The number of nitrogens with two attached hydrogens (primary N) is 1. The molecule has 3 atom stereocenters. The summed E-state index contributed by atoms with van der Waals surface area (Å²) in [5.74, 6) is 0.269. The molecular weight excluding hydrogens is 254 g/mol. The standard InChI is InChI=1S/C15H21N3O2/c1-9(19)10-5-6-18(8-10)11-3-4-12-13(7-11)17(2)15(20)14(12)16/h3-4,7,9-10,14,19H,5-6,8,16H2,1-2H3. The molecule has 1 amide bonds. The van der Waals surface area contributed by atoms with E-state index < -0.39 is 6.04 Å². The first-order valence-electron chi connectivity index (χ1n) is 7.09. The Morgan fingerprint density at radius 1 is 1.45 bits per heavy atom. The van der Waals surface area contributed by atoms with E-state index in [1.807, 2.05) is 25.1 Å². The Hall–Kier alpha value is -1.59. The van der Waals surface area contributed by atoms with E-state index in [2.05, 4.69) is 4.90 Å². The average molecular weight is 275 g/mol. The SMILES string of the molecule is CC(O)C1CCN(c2ccc3c(c2)N(C)C(=O)C3N)C1. The number of hydrogen-bond donors (Lipinski definition) is 2. The van der Waals surface area contributed by atoms with Gasteiger partial charge in [-0.05, 0) is 25.5 Å². The maximum Gasteiger partial charge on any atom is 0.248 e. The lowest BCUT2D eigenvalue weighted by atomic mass is 10.0. The molecule has 0 aromatic heterocycles. The first-order valence-corrected chi connectivity index (χ1v) is 7.09. The molecule has 2 aliphatic heterocycles. The highest BCUT2D eigenvalue weighted by molar-refractivity contribution is 6.04. The number of likely N-dealkylation sites (N-methyl/N-ethyl adjacent to an activating group) is 1. The third-order valence-corrected chi connectivity index (χ3v) is 4.58. The highest BCUT2D eigenvalue weighted by Crippen LogP contribution is 2.37. The Kier molecular flexibility index (Phi) is 3.18. The van der Waals surface area contributed by atoms with Crippen molar-refractivity contribution in [2.24, 2.45) is 11.7 Å². The molecule has 0 spiro atoms. The molecule has 20 heavy (non-hydrogen) atoms. The predicted octanol–water partition coefficient (Wildman–Crippen LogP) is 0.870. The maximum absolute atomic E-state index is 11.9. The Bertz CT molecular complexity index is 544. The van der Waals surface area contributed by atoms with Crippen LogP contribution in [0.25, 0.3) is 0 Å². The molecule has 2 aliphatic rings. The Labute approximate surface area is 119 Å². The molecule has 5 nitrogen and oxygen atoms in total. The average Bonchev–Trinajstić information content (AvgIpc) is 3.00. The van der Waals surface area contributed by atoms with Crippen LogP contribution in [0.5, 0.6) is 0 Å². The van der Waals surface area contributed by atoms with Gasteiger partial charge < -0.3 is 20.6 Å². The lowest BCUT2D eigenvalue weighted by molar-refractivity contribution is -0.118. The topological polar surface area (TPSA) is 69.8 Å². The van der Waals surface area contributed by atoms with Crippen molar-refractivity contribution in [3.05, 3.63) is 23.8 Å². The smallest absolute Gasteiger partial charge is 0.248 e. The minimum absolute atomic E-state index is 0.0552. The monoisotopic (exact) mass is 275 g/mol. The summed E-state index contributed by atoms with van der Waals surface area (Å²) in [6.45, 7) is 3.65. The fraction of sp³-hybridized carbons (Fsp3) is 0.533. The number of carbonyl (C=O) groups excluding carboxylic acids is 1. The minimum atomic E-state index is -0.534. The third-order valence-electron chi connectivity index (χ3n) is 4.58. The second-order valence-corrected chi connectivity index (χ2v) is 5.85. The Morgan fingerprint density at radius 3 is 2.85 bits per heavy atom. The van der Waals surface area contributed by atoms with Crippen LogP contribution in [0.3, 0.4) is 0 Å². The number of hydrogen-bond acceptors (Lipinski definition) is 4. The van der Waals surface area contributed by atoms with Gasteiger partial charge >= 0.3 is 0 Å². The van der Waals surface area contributed by atoms with Crippen molar-refractivity contribution in [1.82, 2.24) is 0 Å². The van der Waals surface area contributed by atoms with Gasteiger partial charge in [-0.1, -0.05) is 6.07 Å². The molecule has 1 fully saturated rings. The van der Waals surface area contributed by atoms with Crippen LogP contribution in [0.4, 0.5) is 11.4 Å². The van der Waals surface area contributed by atoms with Crippen molar-refractivity contribution in [3.8, 4) is 0 Å². The number of nitrogens with zero attached hydrogens (tertiary/aromatic N) is 2. The van der Waals surface area contributed by atoms with Crippen molar-refractivity contribution in [1.29, 1.82) is 0 Å². The van der Waals surface area contributed by atoms with Gasteiger partial charge in [-0.2, -0.15) is 0 Å². The minimum Gasteiger partial charge on any atom is -0.393 e. The number of rotatable bonds is 2. The lowest BCUT2D eigenvalue weighted by Crippen LogP contribution is -2.28. The van der Waals surface area contributed by atoms with E-state index in [1.165, 1.54) is 0 Å². The molecule has 1 saturated heterocycles. The van der Waals surface area contributed by atoms with Crippen LogP contribution in [-0.4, -0.2) is 37.3 Å². The highest BCUT2D eigenvalue weighted by atomic mass is 16.3. The maximum atomic E-state index is 11.9. The molecule has 1 aromatic rings. The van der Waals surface area contributed by atoms with Gasteiger partial charge in [0.25, 0.3) is 0 Å². The van der Waals surface area contributed by atoms with Crippen molar-refractivity contribution >= 4 is 17.3 Å². The molecular formula is C15H21N3O2. The summed E-state index contributed by atoms with van der Waals surface area (Å²) in [6, 6.07) is 5.47. The molecule has 3 unspecified atom stereocenters. The molecule has 2 heterocycles. The summed E-state index contributed by atoms with van der Waals surface area (Å²) in [7, 11) is 1.76. The van der Waals surface area contributed by atoms with Crippen LogP contribution in [-0.2, 0) is 4.79 Å². The van der Waals surface area contributed by atoms with Gasteiger partial charge in [0, 0.05) is 37.3 Å². The molecule has 3 rings (SSSR count). The quantitative estimate of drug-likeness (QED) is 0.840. The molecule has 0 saturated carbocycles. The highest BCUT2D eigenvalue weighted by Gasteiger charge is 2.33. The van der Waals surface area contributed by atoms with E-state index in [9.17, 15) is 9.90 Å². The normalized spacial score (nSPS) is 27.1. The molecule has 3 N–H and O–H groups in total. The van der Waals surface area contributed by atoms with Gasteiger partial charge in [0.05, 0.1) is 11.8 Å². The molecule has 0 radical (unpaired) electrons. The molecule has 1 aromatic carbocycles. The summed E-state index contributed by atoms with van der Waals surface area (Å²) in [6.07, 6.45) is 0.732. The molecule has 0 aliphatic carbocycles. The first-order chi connectivity index (χ1) is 9.49. The van der Waals surface area contributed by atoms with E-state index in [1.54, 1.807) is 11.9 Å². The zero-order valence-electron chi connectivity index (χ0n) is 11.9. The van der Waals surface area contributed by atoms with Gasteiger partial charge in [-0.15, -0.1) is 0 Å². The second-order valence-electron chi connectivity index (χ2n) is 5.85. The van der Waals surface area contributed by atoms with Crippen LogP contribution in [0.2, 0.25) is 0 Å². The van der Waals surface area contributed by atoms with Gasteiger partial charge in [0.1, 0.15) is 6.04 Å². The summed E-state index contributed by atoms with van der Waals surface area (Å²) < 4.78 is 0. The predicted molar refractivity (Wildman–Crippen MR) is 78.8 cm³/mol. The molecule has 108 valence electrons. The van der Waals surface area contributed by atoms with E-state index >= 15 is 0 Å². The van der Waals surface area contributed by atoms with Crippen LogP contribution in [0.1, 0.15) is 24.9 Å². The fourth-order valence-electron chi connectivity index (χ4n) is 3.16. The van der Waals surface area contributed by atoms with E-state index in [-0.39, 0.29) is 12.0 Å². The zero-order valence-corrected chi connectivity index (χ0v) is 11.9. The van der Waals surface area contributed by atoms with Gasteiger partial charge in [-0.3, -0.25) is 4.79 Å². The summed E-state index contributed by atoms with van der Waals surface area (Å²) in [5.41, 5.74) is 8.80. The van der Waals surface area contributed by atoms with Crippen molar-refractivity contribution < 1.29 is 9.90 Å². The van der Waals surface area contributed by atoms with Gasteiger partial charge in [0.2, 0.25) is 5.91 Å². The van der Waals surface area contributed by atoms with E-state index in [0.29, 0.717) is 5.92 Å². The van der Waals surface area contributed by atoms with Crippen LogP contribution in [0.15, 0.2) is 18.2 Å². The number of aliphatic hydroxyl groups excluding tert-OH is 1. The van der Waals surface area contributed by atoms with E-state index in [0.717, 1.165) is 36.4 Å². The molecule has 0 bridgehead atoms. The number of carbonyl (C=O) groups is 1. The molecule has 5 heteroatoms. The number of aliphatic hydroxyl groups is 1. The first kappa shape index (κ1) is 13.4. The van der Waals surface area contributed by atoms with Crippen LogP contribution >= 0.6 is 0 Å². The number of amides is 1. The number of anilines is 2. The number of fused-ring (bicyclic) bond motifs is 1. The van der Waals surface area contributed by atoms with Crippen molar-refractivity contribution in [2.45, 2.75) is 25.5 Å². The Balaban J connectivity index is 1.86. The number of benzene rings is 1. The van der Waals surface area contributed by atoms with Crippen LogP contribution in [0, 0.1) is 5.92 Å². The zero-order chi connectivity index (χ0) is 14.4. The van der Waals surface area contributed by atoms with Gasteiger partial charge in [-0.25, -0.2) is 0 Å². The Morgan fingerprint density at radius 2 is 2.20 bits per heavy atom. The van der Waals surface area contributed by atoms with Gasteiger partial charge in [0.15, 0.2) is 0 Å². The second kappa shape index (κ2) is 4.75. The fourth-order valence-corrected chi connectivity index (χ4v) is 3.16. The summed E-state index contributed by atoms with van der Waals surface area (Å²) >= 11 is 0. The van der Waals surface area contributed by atoms with Crippen molar-refractivity contribution in [3.63, 3.8) is 0 Å². The van der Waals surface area contributed by atoms with E-state index in [4.69, 9.17) is 5.73 Å². The summed E-state index contributed by atoms with van der Waals surface area (Å²) in [4.78, 5) is 15.8. The van der Waals surface area contributed by atoms with Crippen molar-refractivity contribution in [2.75, 3.05) is 29.9 Å². The van der Waals surface area contributed by atoms with Crippen LogP contribution < -0.4 is 15.5 Å². The third kappa shape index (κ3) is 1.98. The largest absolute Gasteiger partial charge is 0.393 e. The lowest BCUT2D eigenvalue weighted by Gasteiger charge is -2.21. The summed E-state index contributed by atoms with van der Waals surface area (Å²) in [5, 5.41) is 9.69.